The second-order valence-electron chi connectivity index (χ2n) is 9.28. The first-order chi connectivity index (χ1) is 13.4. The quantitative estimate of drug-likeness (QED) is 0.570. The minimum Gasteiger partial charge on any atom is -0.496 e. The molecule has 0 heterocycles. The van der Waals surface area contributed by atoms with Crippen molar-refractivity contribution in [2.24, 2.45) is 23.2 Å². The molecule has 4 aliphatic rings. The summed E-state index contributed by atoms with van der Waals surface area (Å²) in [6.07, 6.45) is 8.12. The number of ether oxygens (including phenoxy) is 1. The lowest BCUT2D eigenvalue weighted by Gasteiger charge is -2.57. The number of nitrogens with one attached hydrogen (secondary N) is 1. The van der Waals surface area contributed by atoms with E-state index in [1.54, 1.807) is 6.07 Å². The Morgan fingerprint density at radius 2 is 1.86 bits per heavy atom. The summed E-state index contributed by atoms with van der Waals surface area (Å²) in [7, 11) is 3.44. The van der Waals surface area contributed by atoms with Crippen LogP contribution in [0.4, 0.5) is 11.4 Å². The molecule has 1 aromatic rings. The lowest BCUT2D eigenvalue weighted by Crippen LogP contribution is -2.51. The van der Waals surface area contributed by atoms with Crippen LogP contribution in [0.25, 0.3) is 0 Å². The lowest BCUT2D eigenvalue weighted by molar-refractivity contribution is -0.384. The van der Waals surface area contributed by atoms with E-state index >= 15 is 0 Å². The minimum atomic E-state index is -0.503. The monoisotopic (exact) mass is 387 g/mol. The van der Waals surface area contributed by atoms with Crippen molar-refractivity contribution in [2.45, 2.75) is 38.5 Å². The zero-order valence-corrected chi connectivity index (χ0v) is 16.6. The number of benzene rings is 1. The predicted molar refractivity (Wildman–Crippen MR) is 106 cm³/mol. The van der Waals surface area contributed by atoms with Crippen LogP contribution in [0.3, 0.4) is 0 Å². The number of anilines is 1. The summed E-state index contributed by atoms with van der Waals surface area (Å²) in [5.41, 5.74) is 0.422. The van der Waals surface area contributed by atoms with Gasteiger partial charge in [-0.1, -0.05) is 0 Å². The molecule has 0 radical (unpaired) electrons. The van der Waals surface area contributed by atoms with Crippen molar-refractivity contribution >= 4 is 17.3 Å². The molecule has 4 fully saturated rings. The Morgan fingerprint density at radius 3 is 2.39 bits per heavy atom. The molecule has 0 aromatic heterocycles. The molecule has 7 nitrogen and oxygen atoms in total. The third kappa shape index (κ3) is 3.85. The van der Waals surface area contributed by atoms with Crippen LogP contribution in [-0.2, 0) is 4.79 Å². The van der Waals surface area contributed by atoms with Gasteiger partial charge in [0, 0.05) is 6.54 Å². The highest BCUT2D eigenvalue weighted by molar-refractivity contribution is 5.94. The van der Waals surface area contributed by atoms with E-state index in [1.807, 2.05) is 7.05 Å². The average Bonchev–Trinajstić information content (AvgIpc) is 2.59. The van der Waals surface area contributed by atoms with Crippen molar-refractivity contribution in [3.63, 3.8) is 0 Å². The van der Waals surface area contributed by atoms with Crippen molar-refractivity contribution in [3.8, 4) is 5.75 Å². The first-order valence-electron chi connectivity index (χ1n) is 10.2. The van der Waals surface area contributed by atoms with Crippen molar-refractivity contribution in [3.05, 3.63) is 28.3 Å². The summed E-state index contributed by atoms with van der Waals surface area (Å²) in [5.74, 6) is 2.82. The van der Waals surface area contributed by atoms with E-state index in [0.29, 0.717) is 11.2 Å². The topological polar surface area (TPSA) is 84.7 Å². The third-order valence-corrected chi connectivity index (χ3v) is 6.86. The first kappa shape index (κ1) is 19.2. The van der Waals surface area contributed by atoms with Crippen LogP contribution in [0, 0.1) is 33.3 Å². The molecule has 0 aliphatic heterocycles. The molecule has 1 aromatic carbocycles. The Bertz CT molecular complexity index is 744. The van der Waals surface area contributed by atoms with Crippen LogP contribution in [0.1, 0.15) is 38.5 Å². The van der Waals surface area contributed by atoms with Crippen LogP contribution in [0.2, 0.25) is 0 Å². The summed E-state index contributed by atoms with van der Waals surface area (Å²) in [4.78, 5) is 25.4. The SMILES string of the molecule is COc1ccc(NC(=O)CN(C)CC23CC4CC(CC(C4)C2)C3)c([N+](=O)[O-])c1. The zero-order chi connectivity index (χ0) is 19.9. The lowest BCUT2D eigenvalue weighted by atomic mass is 9.49. The van der Waals surface area contributed by atoms with Gasteiger partial charge < -0.3 is 10.1 Å². The van der Waals surface area contributed by atoms with Crippen LogP contribution in [0.5, 0.6) is 5.75 Å². The van der Waals surface area contributed by atoms with Gasteiger partial charge in [0.2, 0.25) is 5.91 Å². The predicted octanol–water partition coefficient (Wildman–Crippen LogP) is 3.69. The van der Waals surface area contributed by atoms with Crippen molar-refractivity contribution in [1.82, 2.24) is 4.90 Å². The van der Waals surface area contributed by atoms with E-state index in [9.17, 15) is 14.9 Å². The molecule has 7 heteroatoms. The molecule has 4 bridgehead atoms. The summed E-state index contributed by atoms with van der Waals surface area (Å²) in [6, 6.07) is 4.46. The number of hydrogen-bond acceptors (Lipinski definition) is 5. The molecule has 152 valence electrons. The number of carbonyl (C=O) groups excluding carboxylic acids is 1. The minimum absolute atomic E-state index is 0.156. The van der Waals surface area contributed by atoms with Gasteiger partial charge in [-0.15, -0.1) is 0 Å². The Balaban J connectivity index is 1.37. The van der Waals surface area contributed by atoms with E-state index in [1.165, 1.54) is 57.8 Å². The number of amides is 1. The van der Waals surface area contributed by atoms with Crippen LogP contribution in [-0.4, -0.2) is 43.0 Å². The van der Waals surface area contributed by atoms with E-state index in [4.69, 9.17) is 4.74 Å². The zero-order valence-electron chi connectivity index (χ0n) is 16.6. The van der Waals surface area contributed by atoms with Crippen molar-refractivity contribution < 1.29 is 14.5 Å². The fraction of sp³-hybridized carbons (Fsp3) is 0.667. The van der Waals surface area contributed by atoms with E-state index in [-0.39, 0.29) is 23.8 Å². The number of nitrogens with zero attached hydrogens (tertiary/aromatic N) is 2. The molecular formula is C21H29N3O4. The van der Waals surface area contributed by atoms with E-state index in [0.717, 1.165) is 24.3 Å². The molecule has 0 spiro atoms. The molecule has 5 rings (SSSR count). The van der Waals surface area contributed by atoms with Gasteiger partial charge in [-0.2, -0.15) is 0 Å². The number of nitro benzene ring substituents is 1. The summed E-state index contributed by atoms with van der Waals surface area (Å²) in [6.45, 7) is 1.18. The van der Waals surface area contributed by atoms with Gasteiger partial charge in [0.25, 0.3) is 5.69 Å². The van der Waals surface area contributed by atoms with Crippen LogP contribution in [0.15, 0.2) is 18.2 Å². The number of methoxy groups -OCH3 is 1. The Morgan fingerprint density at radius 1 is 1.25 bits per heavy atom. The maximum atomic E-state index is 12.5. The maximum absolute atomic E-state index is 12.5. The smallest absolute Gasteiger partial charge is 0.296 e. The van der Waals surface area contributed by atoms with E-state index in [2.05, 4.69) is 10.2 Å². The summed E-state index contributed by atoms with van der Waals surface area (Å²) < 4.78 is 5.04. The molecule has 4 saturated carbocycles. The summed E-state index contributed by atoms with van der Waals surface area (Å²) in [5, 5.41) is 14.0. The molecule has 0 unspecified atom stereocenters. The normalized spacial score (nSPS) is 30.5. The highest BCUT2D eigenvalue weighted by Crippen LogP contribution is 2.60. The van der Waals surface area contributed by atoms with Gasteiger partial charge in [0.15, 0.2) is 0 Å². The molecule has 0 saturated heterocycles. The average molecular weight is 387 g/mol. The van der Waals surface area contributed by atoms with Gasteiger partial charge in [-0.3, -0.25) is 19.8 Å². The van der Waals surface area contributed by atoms with Crippen molar-refractivity contribution in [1.29, 1.82) is 0 Å². The first-order valence-corrected chi connectivity index (χ1v) is 10.2. The number of likely N-dealkylation sites (N-methyl/N-ethyl adjacent to an activating group) is 1. The second kappa shape index (κ2) is 7.35. The van der Waals surface area contributed by atoms with E-state index < -0.39 is 4.92 Å². The van der Waals surface area contributed by atoms with Crippen LogP contribution >= 0.6 is 0 Å². The van der Waals surface area contributed by atoms with Gasteiger partial charge in [0.1, 0.15) is 11.4 Å². The maximum Gasteiger partial charge on any atom is 0.296 e. The molecule has 1 amide bonds. The number of rotatable bonds is 7. The fourth-order valence-corrected chi connectivity index (χ4v) is 6.44. The molecular weight excluding hydrogens is 358 g/mol. The van der Waals surface area contributed by atoms with Gasteiger partial charge in [0.05, 0.1) is 24.6 Å². The highest BCUT2D eigenvalue weighted by Gasteiger charge is 2.51. The molecule has 1 N–H and O–H groups in total. The van der Waals surface area contributed by atoms with Crippen molar-refractivity contribution in [2.75, 3.05) is 32.6 Å². The van der Waals surface area contributed by atoms with Gasteiger partial charge in [-0.25, -0.2) is 0 Å². The number of hydrogen-bond donors (Lipinski definition) is 1. The summed E-state index contributed by atoms with van der Waals surface area (Å²) >= 11 is 0. The number of nitro groups is 1. The number of carbonyl (C=O) groups is 1. The highest BCUT2D eigenvalue weighted by atomic mass is 16.6. The molecule has 28 heavy (non-hydrogen) atoms. The Kier molecular flexibility index (Phi) is 5.04. The van der Waals surface area contributed by atoms with Crippen LogP contribution < -0.4 is 10.1 Å². The fourth-order valence-electron chi connectivity index (χ4n) is 6.44. The second-order valence-corrected chi connectivity index (χ2v) is 9.28. The Labute approximate surface area is 165 Å². The molecule has 4 aliphatic carbocycles. The molecule has 0 atom stereocenters. The van der Waals surface area contributed by atoms with Gasteiger partial charge >= 0.3 is 0 Å². The third-order valence-electron chi connectivity index (χ3n) is 6.86. The largest absolute Gasteiger partial charge is 0.496 e. The standard InChI is InChI=1S/C21H29N3O4/c1-23(13-21-9-14-5-15(10-21)7-16(6-14)11-21)12-20(25)22-18-4-3-17(28-2)8-19(18)24(26)27/h3-4,8,14-16H,5-7,9-13H2,1-2H3,(H,22,25). The van der Waals surface area contributed by atoms with Gasteiger partial charge in [-0.05, 0) is 80.9 Å². The Hall–Kier alpha value is -2.15.